The highest BCUT2D eigenvalue weighted by molar-refractivity contribution is 5.78. The molecule has 8 heteroatoms. The molecule has 0 fully saturated rings. The van der Waals surface area contributed by atoms with E-state index in [1.165, 1.54) is 4.57 Å². The summed E-state index contributed by atoms with van der Waals surface area (Å²) in [6, 6.07) is 6.85. The number of fused-ring (bicyclic) bond motifs is 1. The molecule has 0 unspecified atom stereocenters. The van der Waals surface area contributed by atoms with Crippen molar-refractivity contribution in [3.05, 3.63) is 63.1 Å². The predicted molar refractivity (Wildman–Crippen MR) is 93.1 cm³/mol. The van der Waals surface area contributed by atoms with E-state index in [9.17, 15) is 14.4 Å². The van der Waals surface area contributed by atoms with Gasteiger partial charge in [0, 0.05) is 45.4 Å². The van der Waals surface area contributed by atoms with E-state index in [2.05, 4.69) is 10.1 Å². The first kappa shape index (κ1) is 16.7. The van der Waals surface area contributed by atoms with Gasteiger partial charge in [0.25, 0.3) is 5.56 Å². The summed E-state index contributed by atoms with van der Waals surface area (Å²) in [4.78, 5) is 40.2. The molecule has 1 aromatic carbocycles. The average molecular weight is 341 g/mol. The number of carbonyl (C=O) groups excluding carboxylic acids is 1. The third kappa shape index (κ3) is 3.52. The SMILES string of the molecule is CN(Cc1cnn(C)c1)C(=O)CCn1c(=O)[nH]c(=O)c2ccccc21. The van der Waals surface area contributed by atoms with Crippen LogP contribution >= 0.6 is 0 Å². The molecule has 0 saturated carbocycles. The van der Waals surface area contributed by atoms with Gasteiger partial charge in [0.15, 0.2) is 0 Å². The quantitative estimate of drug-likeness (QED) is 0.730. The second-order valence-corrected chi connectivity index (χ2v) is 5.95. The van der Waals surface area contributed by atoms with E-state index >= 15 is 0 Å². The first-order valence-electron chi connectivity index (χ1n) is 7.89. The van der Waals surface area contributed by atoms with Gasteiger partial charge in [-0.05, 0) is 12.1 Å². The van der Waals surface area contributed by atoms with E-state index < -0.39 is 11.2 Å². The minimum Gasteiger partial charge on any atom is -0.341 e. The van der Waals surface area contributed by atoms with Crippen molar-refractivity contribution in [3.63, 3.8) is 0 Å². The number of H-pyrrole nitrogens is 1. The fourth-order valence-electron chi connectivity index (χ4n) is 2.78. The van der Waals surface area contributed by atoms with Gasteiger partial charge in [-0.1, -0.05) is 12.1 Å². The minimum absolute atomic E-state index is 0.0916. The average Bonchev–Trinajstić information content (AvgIpc) is 2.99. The summed E-state index contributed by atoms with van der Waals surface area (Å²) in [6.07, 6.45) is 3.72. The van der Waals surface area contributed by atoms with E-state index in [0.717, 1.165) is 5.56 Å². The summed E-state index contributed by atoms with van der Waals surface area (Å²) >= 11 is 0. The Morgan fingerprint density at radius 3 is 2.76 bits per heavy atom. The van der Waals surface area contributed by atoms with E-state index in [1.807, 2.05) is 13.2 Å². The van der Waals surface area contributed by atoms with E-state index in [4.69, 9.17) is 0 Å². The number of amides is 1. The fraction of sp³-hybridized carbons (Fsp3) is 0.294. The second kappa shape index (κ2) is 6.76. The monoisotopic (exact) mass is 341 g/mol. The lowest BCUT2D eigenvalue weighted by Crippen LogP contribution is -2.33. The molecule has 25 heavy (non-hydrogen) atoms. The molecule has 0 aliphatic heterocycles. The first-order valence-corrected chi connectivity index (χ1v) is 7.89. The highest BCUT2D eigenvalue weighted by atomic mass is 16.2. The Bertz CT molecular complexity index is 1030. The van der Waals surface area contributed by atoms with Crippen LogP contribution in [0.15, 0.2) is 46.2 Å². The summed E-state index contributed by atoms with van der Waals surface area (Å²) < 4.78 is 3.10. The molecule has 0 radical (unpaired) electrons. The van der Waals surface area contributed by atoms with Crippen molar-refractivity contribution < 1.29 is 4.79 Å². The van der Waals surface area contributed by atoms with Crippen LogP contribution < -0.4 is 11.2 Å². The molecule has 8 nitrogen and oxygen atoms in total. The maximum atomic E-state index is 12.4. The standard InChI is InChI=1S/C17H19N5O3/c1-20(10-12-9-18-21(2)11-12)15(23)7-8-22-14-6-4-3-5-13(14)16(24)19-17(22)25/h3-6,9,11H,7-8,10H2,1-2H3,(H,19,24,25). The highest BCUT2D eigenvalue weighted by Gasteiger charge is 2.13. The molecule has 1 N–H and O–H groups in total. The number of aryl methyl sites for hydroxylation is 2. The van der Waals surface area contributed by atoms with Crippen molar-refractivity contribution in [2.24, 2.45) is 7.05 Å². The third-order valence-electron chi connectivity index (χ3n) is 4.06. The minimum atomic E-state index is -0.508. The van der Waals surface area contributed by atoms with Gasteiger partial charge in [0.2, 0.25) is 5.91 Å². The largest absolute Gasteiger partial charge is 0.341 e. The van der Waals surface area contributed by atoms with Crippen molar-refractivity contribution in [1.29, 1.82) is 0 Å². The molecule has 3 aromatic rings. The van der Waals surface area contributed by atoms with Crippen LogP contribution in [0.2, 0.25) is 0 Å². The Morgan fingerprint density at radius 1 is 1.28 bits per heavy atom. The number of nitrogens with one attached hydrogen (secondary N) is 1. The van der Waals surface area contributed by atoms with Crippen molar-refractivity contribution in [3.8, 4) is 0 Å². The number of para-hydroxylation sites is 1. The number of hydrogen-bond acceptors (Lipinski definition) is 4. The molecule has 2 heterocycles. The molecule has 0 aliphatic carbocycles. The number of rotatable bonds is 5. The number of aromatic amines is 1. The Labute approximate surface area is 143 Å². The lowest BCUT2D eigenvalue weighted by atomic mass is 10.2. The molecule has 0 saturated heterocycles. The van der Waals surface area contributed by atoms with E-state index in [-0.39, 0.29) is 18.9 Å². The van der Waals surface area contributed by atoms with Gasteiger partial charge < -0.3 is 4.90 Å². The molecule has 0 atom stereocenters. The van der Waals surface area contributed by atoms with Gasteiger partial charge in [-0.2, -0.15) is 5.10 Å². The summed E-state index contributed by atoms with van der Waals surface area (Å²) in [5, 5.41) is 4.51. The fourth-order valence-corrected chi connectivity index (χ4v) is 2.78. The number of nitrogens with zero attached hydrogens (tertiary/aromatic N) is 4. The smallest absolute Gasteiger partial charge is 0.328 e. The van der Waals surface area contributed by atoms with E-state index in [0.29, 0.717) is 17.4 Å². The molecule has 0 aliphatic rings. The summed E-state index contributed by atoms with van der Waals surface area (Å²) in [5.41, 5.74) is 0.534. The summed E-state index contributed by atoms with van der Waals surface area (Å²) in [5.74, 6) is -0.0916. The maximum absolute atomic E-state index is 12.4. The van der Waals surface area contributed by atoms with E-state index in [1.54, 1.807) is 47.1 Å². The van der Waals surface area contributed by atoms with Crippen LogP contribution in [0.4, 0.5) is 0 Å². The van der Waals surface area contributed by atoms with Crippen LogP contribution in [0.5, 0.6) is 0 Å². The maximum Gasteiger partial charge on any atom is 0.328 e. The lowest BCUT2D eigenvalue weighted by Gasteiger charge is -2.17. The van der Waals surface area contributed by atoms with Crippen molar-refractivity contribution in [1.82, 2.24) is 24.2 Å². The second-order valence-electron chi connectivity index (χ2n) is 5.95. The highest BCUT2D eigenvalue weighted by Crippen LogP contribution is 2.08. The topological polar surface area (TPSA) is 93.0 Å². The third-order valence-corrected chi connectivity index (χ3v) is 4.06. The lowest BCUT2D eigenvalue weighted by molar-refractivity contribution is -0.130. The summed E-state index contributed by atoms with van der Waals surface area (Å²) in [6.45, 7) is 0.653. The zero-order chi connectivity index (χ0) is 18.0. The van der Waals surface area contributed by atoms with Gasteiger partial charge in [-0.15, -0.1) is 0 Å². The molecule has 0 bridgehead atoms. The zero-order valence-electron chi connectivity index (χ0n) is 14.1. The van der Waals surface area contributed by atoms with Crippen LogP contribution in [0.3, 0.4) is 0 Å². The molecule has 3 rings (SSSR count). The van der Waals surface area contributed by atoms with Crippen LogP contribution in [0.1, 0.15) is 12.0 Å². The Hall–Kier alpha value is -3.16. The Morgan fingerprint density at radius 2 is 2.04 bits per heavy atom. The van der Waals surface area contributed by atoms with Gasteiger partial charge >= 0.3 is 5.69 Å². The zero-order valence-corrected chi connectivity index (χ0v) is 14.1. The van der Waals surface area contributed by atoms with Crippen molar-refractivity contribution in [2.45, 2.75) is 19.5 Å². The van der Waals surface area contributed by atoms with Gasteiger partial charge in [0.1, 0.15) is 0 Å². The van der Waals surface area contributed by atoms with Crippen molar-refractivity contribution >= 4 is 16.8 Å². The normalized spacial score (nSPS) is 11.0. The molecular formula is C17H19N5O3. The predicted octanol–water partition coefficient (Wildman–Crippen LogP) is 0.472. The van der Waals surface area contributed by atoms with Gasteiger partial charge in [0.05, 0.1) is 17.1 Å². The van der Waals surface area contributed by atoms with Crippen LogP contribution in [0, 0.1) is 0 Å². The number of benzene rings is 1. The Balaban J connectivity index is 1.75. The van der Waals surface area contributed by atoms with Gasteiger partial charge in [-0.3, -0.25) is 23.8 Å². The molecule has 0 spiro atoms. The van der Waals surface area contributed by atoms with Crippen LogP contribution in [-0.4, -0.2) is 37.2 Å². The summed E-state index contributed by atoms with van der Waals surface area (Å²) in [7, 11) is 3.53. The molecule has 130 valence electrons. The van der Waals surface area contributed by atoms with Crippen molar-refractivity contribution in [2.75, 3.05) is 7.05 Å². The number of aromatic nitrogens is 4. The molecule has 1 amide bonds. The number of carbonyl (C=O) groups is 1. The Kier molecular flexibility index (Phi) is 4.51. The molecular weight excluding hydrogens is 322 g/mol. The molecule has 2 aromatic heterocycles. The van der Waals surface area contributed by atoms with Crippen LogP contribution in [-0.2, 0) is 24.9 Å². The van der Waals surface area contributed by atoms with Crippen LogP contribution in [0.25, 0.3) is 10.9 Å². The number of hydrogen-bond donors (Lipinski definition) is 1. The van der Waals surface area contributed by atoms with Gasteiger partial charge in [-0.25, -0.2) is 4.79 Å². The first-order chi connectivity index (χ1) is 12.0.